The Kier molecular flexibility index (Phi) is 3.31. The summed E-state index contributed by atoms with van der Waals surface area (Å²) in [6.45, 7) is -5.20. The average molecular weight is 432 g/mol. The third-order valence-electron chi connectivity index (χ3n) is 6.01. The summed E-state index contributed by atoms with van der Waals surface area (Å²) in [7, 11) is 0. The first-order valence-electron chi connectivity index (χ1n) is 13.7. The van der Waals surface area contributed by atoms with Gasteiger partial charge in [0.15, 0.2) is 0 Å². The van der Waals surface area contributed by atoms with E-state index in [2.05, 4.69) is 41.4 Å². The van der Waals surface area contributed by atoms with Gasteiger partial charge >= 0.3 is 0 Å². The largest absolute Gasteiger partial charge is 0.455 e. The fraction of sp³-hybridized carbons (Fsp3) is 0.0645. The molecule has 0 fully saturated rings. The van der Waals surface area contributed by atoms with Gasteiger partial charge in [-0.25, -0.2) is 0 Å². The van der Waals surface area contributed by atoms with Crippen LogP contribution in [0.5, 0.6) is 0 Å². The summed E-state index contributed by atoms with van der Waals surface area (Å²) < 4.78 is 53.6. The maximum absolute atomic E-state index is 7.93. The lowest BCUT2D eigenvalue weighted by Crippen LogP contribution is -1.88. The molecular formula is C31H23NO. The number of nitrogens with zero attached hydrogens (tertiary/aromatic N) is 1. The van der Waals surface area contributed by atoms with Crippen LogP contribution in [0.1, 0.15) is 19.4 Å². The van der Waals surface area contributed by atoms with Crippen molar-refractivity contribution in [3.8, 4) is 33.5 Å². The molecule has 0 saturated heterocycles. The fourth-order valence-corrected chi connectivity index (χ4v) is 4.32. The zero-order chi connectivity index (χ0) is 27.4. The van der Waals surface area contributed by atoms with Crippen molar-refractivity contribution in [3.05, 3.63) is 114 Å². The molecule has 0 radical (unpaired) electrons. The van der Waals surface area contributed by atoms with E-state index >= 15 is 0 Å². The number of benzene rings is 4. The Labute approximate surface area is 201 Å². The zero-order valence-corrected chi connectivity index (χ0v) is 17.7. The summed E-state index contributed by atoms with van der Waals surface area (Å²) in [5.74, 6) is 0. The van der Waals surface area contributed by atoms with Crippen molar-refractivity contribution in [2.24, 2.45) is 0 Å². The van der Waals surface area contributed by atoms with Crippen molar-refractivity contribution in [2.45, 2.75) is 13.7 Å². The molecule has 6 rings (SSSR count). The monoisotopic (exact) mass is 431 g/mol. The SMILES string of the molecule is [2H]C([2H])([2H])c1cnc(-c2cccc3c2oc2c(-c4ccc(-c5ccccc5)cc4)cccc23)cc1C([2H])([2H])[2H]. The fourth-order valence-electron chi connectivity index (χ4n) is 4.32. The van der Waals surface area contributed by atoms with Crippen molar-refractivity contribution in [2.75, 3.05) is 0 Å². The van der Waals surface area contributed by atoms with Gasteiger partial charge in [0.25, 0.3) is 0 Å². The summed E-state index contributed by atoms with van der Waals surface area (Å²) in [6, 6.07) is 31.5. The molecule has 0 saturated carbocycles. The van der Waals surface area contributed by atoms with Gasteiger partial charge in [-0.1, -0.05) is 84.9 Å². The van der Waals surface area contributed by atoms with Crippen LogP contribution < -0.4 is 0 Å². The van der Waals surface area contributed by atoms with Crippen LogP contribution in [0.3, 0.4) is 0 Å². The first-order valence-corrected chi connectivity index (χ1v) is 10.7. The summed E-state index contributed by atoms with van der Waals surface area (Å²) in [5, 5.41) is 1.79. The summed E-state index contributed by atoms with van der Waals surface area (Å²) in [4.78, 5) is 4.36. The van der Waals surface area contributed by atoms with E-state index in [1.807, 2.05) is 48.5 Å². The Hall–Kier alpha value is -4.17. The highest BCUT2D eigenvalue weighted by molar-refractivity contribution is 6.12. The third-order valence-corrected chi connectivity index (χ3v) is 6.01. The number of aromatic nitrogens is 1. The molecule has 158 valence electrons. The Morgan fingerprint density at radius 3 is 1.97 bits per heavy atom. The minimum atomic E-state index is -2.61. The molecule has 0 N–H and O–H groups in total. The predicted octanol–water partition coefficient (Wildman–Crippen LogP) is 8.60. The highest BCUT2D eigenvalue weighted by atomic mass is 16.3. The second-order valence-electron chi connectivity index (χ2n) is 8.03. The molecule has 4 aromatic carbocycles. The van der Waals surface area contributed by atoms with Gasteiger partial charge in [0.1, 0.15) is 11.2 Å². The van der Waals surface area contributed by atoms with Crippen LogP contribution in [0.15, 0.2) is 108 Å². The lowest BCUT2D eigenvalue weighted by molar-refractivity contribution is 0.671. The maximum atomic E-state index is 7.93. The Morgan fingerprint density at radius 1 is 0.606 bits per heavy atom. The van der Waals surface area contributed by atoms with Gasteiger partial charge in [0.2, 0.25) is 0 Å². The second-order valence-corrected chi connectivity index (χ2v) is 8.03. The van der Waals surface area contributed by atoms with Crippen LogP contribution >= 0.6 is 0 Å². The molecule has 2 nitrogen and oxygen atoms in total. The van der Waals surface area contributed by atoms with Crippen molar-refractivity contribution in [3.63, 3.8) is 0 Å². The topological polar surface area (TPSA) is 26.0 Å². The molecule has 0 atom stereocenters. The number of aryl methyl sites for hydroxylation is 2. The highest BCUT2D eigenvalue weighted by Gasteiger charge is 2.16. The standard InChI is InChI=1S/C31H23NO/c1-20-18-29(32-19-21(20)2)28-13-7-12-27-26-11-6-10-25(30(26)33-31(27)28)24-16-14-23(15-17-24)22-8-4-3-5-9-22/h3-19H,1-2H3/i1D3,2D3. The van der Waals surface area contributed by atoms with Gasteiger partial charge in [-0.15, -0.1) is 0 Å². The van der Waals surface area contributed by atoms with Gasteiger partial charge in [-0.3, -0.25) is 4.98 Å². The predicted molar refractivity (Wildman–Crippen MR) is 137 cm³/mol. The normalized spacial score (nSPS) is 14.8. The van der Waals surface area contributed by atoms with Crippen LogP contribution in [0.2, 0.25) is 0 Å². The van der Waals surface area contributed by atoms with E-state index in [4.69, 9.17) is 12.6 Å². The number of para-hydroxylation sites is 2. The van der Waals surface area contributed by atoms with E-state index in [0.29, 0.717) is 22.4 Å². The number of pyridine rings is 1. The molecule has 0 amide bonds. The molecule has 2 heteroatoms. The van der Waals surface area contributed by atoms with Crippen LogP contribution in [0.4, 0.5) is 0 Å². The molecule has 2 aromatic heterocycles. The minimum Gasteiger partial charge on any atom is -0.455 e. The lowest BCUT2D eigenvalue weighted by Gasteiger charge is -2.06. The molecule has 33 heavy (non-hydrogen) atoms. The van der Waals surface area contributed by atoms with Gasteiger partial charge in [-0.05, 0) is 53.7 Å². The van der Waals surface area contributed by atoms with Gasteiger partial charge in [0.05, 0.1) is 5.69 Å². The van der Waals surface area contributed by atoms with E-state index < -0.39 is 13.7 Å². The Bertz CT molecular complexity index is 1820. The van der Waals surface area contributed by atoms with Crippen molar-refractivity contribution in [1.82, 2.24) is 4.98 Å². The molecule has 0 aliphatic rings. The first-order chi connectivity index (χ1) is 18.6. The van der Waals surface area contributed by atoms with Gasteiger partial charge in [0, 0.05) is 36.3 Å². The smallest absolute Gasteiger partial charge is 0.144 e. The molecular weight excluding hydrogens is 402 g/mol. The molecule has 0 spiro atoms. The number of furan rings is 1. The zero-order valence-electron chi connectivity index (χ0n) is 23.7. The van der Waals surface area contributed by atoms with E-state index in [1.54, 1.807) is 6.07 Å². The van der Waals surface area contributed by atoms with Crippen LogP contribution in [-0.4, -0.2) is 4.98 Å². The summed E-state index contributed by atoms with van der Waals surface area (Å²) in [5.41, 5.74) is 5.90. The van der Waals surface area contributed by atoms with Gasteiger partial charge in [-0.2, -0.15) is 0 Å². The molecule has 0 aliphatic heterocycles. The molecule has 6 aromatic rings. The van der Waals surface area contributed by atoms with Crippen LogP contribution in [0, 0.1) is 13.7 Å². The van der Waals surface area contributed by atoms with E-state index in [0.717, 1.165) is 39.2 Å². The Morgan fingerprint density at radius 2 is 1.24 bits per heavy atom. The van der Waals surface area contributed by atoms with Crippen LogP contribution in [0.25, 0.3) is 55.4 Å². The number of hydrogen-bond donors (Lipinski definition) is 0. The Balaban J connectivity index is 1.50. The minimum absolute atomic E-state index is 0.236. The first kappa shape index (κ1) is 14.1. The molecule has 2 heterocycles. The lowest BCUT2D eigenvalue weighted by atomic mass is 9.98. The van der Waals surface area contributed by atoms with Crippen molar-refractivity contribution in [1.29, 1.82) is 0 Å². The number of rotatable bonds is 3. The summed E-state index contributed by atoms with van der Waals surface area (Å²) in [6.07, 6.45) is 1.14. The van der Waals surface area contributed by atoms with Crippen LogP contribution in [-0.2, 0) is 0 Å². The number of fused-ring (bicyclic) bond motifs is 3. The van der Waals surface area contributed by atoms with E-state index in [1.165, 1.54) is 6.07 Å². The quantitative estimate of drug-likeness (QED) is 0.280. The molecule has 0 bridgehead atoms. The van der Waals surface area contributed by atoms with E-state index in [-0.39, 0.29) is 11.1 Å². The molecule has 0 unspecified atom stereocenters. The third kappa shape index (κ3) is 3.32. The van der Waals surface area contributed by atoms with Crippen molar-refractivity contribution < 1.29 is 12.6 Å². The number of hydrogen-bond acceptors (Lipinski definition) is 2. The van der Waals surface area contributed by atoms with E-state index in [9.17, 15) is 0 Å². The molecule has 0 aliphatic carbocycles. The average Bonchev–Trinajstić information content (AvgIpc) is 3.31. The highest BCUT2D eigenvalue weighted by Crippen LogP contribution is 2.39. The maximum Gasteiger partial charge on any atom is 0.144 e. The van der Waals surface area contributed by atoms with Crippen molar-refractivity contribution >= 4 is 21.9 Å². The summed E-state index contributed by atoms with van der Waals surface area (Å²) >= 11 is 0. The van der Waals surface area contributed by atoms with Gasteiger partial charge < -0.3 is 4.42 Å². The second kappa shape index (κ2) is 7.75.